The Morgan fingerprint density at radius 1 is 1.60 bits per heavy atom. The smallest absolute Gasteiger partial charge is 0.294 e. The molecule has 20 heavy (non-hydrogen) atoms. The monoisotopic (exact) mass is 276 g/mol. The van der Waals surface area contributed by atoms with E-state index in [-0.39, 0.29) is 16.9 Å². The molecule has 0 saturated heterocycles. The minimum absolute atomic E-state index is 0.0341. The highest BCUT2D eigenvalue weighted by Crippen LogP contribution is 2.26. The molecule has 0 radical (unpaired) electrons. The second-order valence-corrected chi connectivity index (χ2v) is 4.72. The Kier molecular flexibility index (Phi) is 4.78. The highest BCUT2D eigenvalue weighted by molar-refractivity contribution is 5.99. The molecule has 0 aromatic heterocycles. The number of nitro benzene ring substituents is 1. The van der Waals surface area contributed by atoms with E-state index in [1.807, 2.05) is 13.0 Å². The third-order valence-electron chi connectivity index (χ3n) is 2.86. The normalized spacial score (nSPS) is 13.1. The van der Waals surface area contributed by atoms with Gasteiger partial charge in [-0.2, -0.15) is 5.26 Å². The predicted octanol–water partition coefficient (Wildman–Crippen LogP) is 1.92. The molecule has 3 N–H and O–H groups in total. The molecule has 7 heteroatoms. The van der Waals surface area contributed by atoms with Crippen LogP contribution in [0.15, 0.2) is 18.2 Å². The summed E-state index contributed by atoms with van der Waals surface area (Å²) in [4.78, 5) is 22.3. The van der Waals surface area contributed by atoms with Crippen molar-refractivity contribution in [2.75, 3.05) is 5.32 Å². The van der Waals surface area contributed by atoms with Gasteiger partial charge in [0.15, 0.2) is 0 Å². The fourth-order valence-corrected chi connectivity index (χ4v) is 1.76. The van der Waals surface area contributed by atoms with E-state index in [9.17, 15) is 14.9 Å². The van der Waals surface area contributed by atoms with Gasteiger partial charge in [-0.05, 0) is 25.5 Å². The van der Waals surface area contributed by atoms with Crippen LogP contribution in [0.1, 0.15) is 32.3 Å². The van der Waals surface area contributed by atoms with Crippen molar-refractivity contribution in [3.63, 3.8) is 0 Å². The van der Waals surface area contributed by atoms with Crippen molar-refractivity contribution >= 4 is 17.3 Å². The Morgan fingerprint density at radius 2 is 2.25 bits per heavy atom. The number of nitriles is 1. The highest BCUT2D eigenvalue weighted by Gasteiger charge is 2.29. The standard InChI is InChI=1S/C13H16N4O3/c1-3-6-13(2,15)12(18)16-10-5-4-9(8-14)7-11(10)17(19)20/h4-5,7H,3,6,15H2,1-2H3,(H,16,18). The molecule has 0 heterocycles. The van der Waals surface area contributed by atoms with Gasteiger partial charge in [0.25, 0.3) is 5.69 Å². The minimum atomic E-state index is -1.10. The molecule has 1 aromatic carbocycles. The predicted molar refractivity (Wildman–Crippen MR) is 73.9 cm³/mol. The number of nitro groups is 1. The fraction of sp³-hybridized carbons (Fsp3) is 0.385. The quantitative estimate of drug-likeness (QED) is 0.628. The maximum atomic E-state index is 12.0. The molecule has 0 aliphatic carbocycles. The number of anilines is 1. The number of nitrogens with one attached hydrogen (secondary N) is 1. The molecular weight excluding hydrogens is 260 g/mol. The van der Waals surface area contributed by atoms with Crippen LogP contribution < -0.4 is 11.1 Å². The maximum Gasteiger partial charge on any atom is 0.294 e. The van der Waals surface area contributed by atoms with Gasteiger partial charge >= 0.3 is 0 Å². The summed E-state index contributed by atoms with van der Waals surface area (Å²) in [5.41, 5.74) is 4.62. The van der Waals surface area contributed by atoms with Crippen LogP contribution in [0.4, 0.5) is 11.4 Å². The first-order chi connectivity index (χ1) is 9.31. The third kappa shape index (κ3) is 3.52. The topological polar surface area (TPSA) is 122 Å². The number of benzene rings is 1. The highest BCUT2D eigenvalue weighted by atomic mass is 16.6. The van der Waals surface area contributed by atoms with Crippen LogP contribution in [0, 0.1) is 21.4 Å². The zero-order chi connectivity index (χ0) is 15.3. The number of nitrogens with zero attached hydrogens (tertiary/aromatic N) is 2. The number of carbonyl (C=O) groups is 1. The van der Waals surface area contributed by atoms with Crippen LogP contribution in [0.3, 0.4) is 0 Å². The van der Waals surface area contributed by atoms with Gasteiger partial charge in [0.05, 0.1) is 22.1 Å². The van der Waals surface area contributed by atoms with E-state index in [2.05, 4.69) is 5.32 Å². The second-order valence-electron chi connectivity index (χ2n) is 4.72. The second kappa shape index (κ2) is 6.12. The van der Waals surface area contributed by atoms with E-state index in [4.69, 9.17) is 11.0 Å². The van der Waals surface area contributed by atoms with Crippen molar-refractivity contribution in [2.45, 2.75) is 32.2 Å². The average molecular weight is 276 g/mol. The lowest BCUT2D eigenvalue weighted by molar-refractivity contribution is -0.384. The molecule has 0 aliphatic heterocycles. The van der Waals surface area contributed by atoms with Crippen LogP contribution in [-0.4, -0.2) is 16.4 Å². The largest absolute Gasteiger partial charge is 0.319 e. The first-order valence-electron chi connectivity index (χ1n) is 6.10. The lowest BCUT2D eigenvalue weighted by Crippen LogP contribution is -2.48. The molecule has 1 rings (SSSR count). The molecule has 7 nitrogen and oxygen atoms in total. The van der Waals surface area contributed by atoms with E-state index in [0.29, 0.717) is 6.42 Å². The average Bonchev–Trinajstić information content (AvgIpc) is 2.38. The molecule has 1 aromatic rings. The Hall–Kier alpha value is -2.46. The van der Waals surface area contributed by atoms with E-state index < -0.39 is 16.4 Å². The summed E-state index contributed by atoms with van der Waals surface area (Å²) in [6, 6.07) is 5.65. The molecule has 0 aliphatic rings. The van der Waals surface area contributed by atoms with E-state index >= 15 is 0 Å². The summed E-state index contributed by atoms with van der Waals surface area (Å²) >= 11 is 0. The summed E-state index contributed by atoms with van der Waals surface area (Å²) < 4.78 is 0. The Bertz CT molecular complexity index is 575. The summed E-state index contributed by atoms with van der Waals surface area (Å²) in [6.45, 7) is 3.46. The van der Waals surface area contributed by atoms with Crippen LogP contribution in [0.5, 0.6) is 0 Å². The van der Waals surface area contributed by atoms with E-state index in [1.165, 1.54) is 12.1 Å². The lowest BCUT2D eigenvalue weighted by atomic mass is 9.96. The van der Waals surface area contributed by atoms with Gasteiger partial charge in [-0.15, -0.1) is 0 Å². The van der Waals surface area contributed by atoms with Crippen molar-refractivity contribution in [2.24, 2.45) is 5.73 Å². The number of nitrogens with two attached hydrogens (primary N) is 1. The summed E-state index contributed by atoms with van der Waals surface area (Å²) in [6.07, 6.45) is 1.18. The van der Waals surface area contributed by atoms with Crippen LogP contribution in [0.25, 0.3) is 0 Å². The number of hydrogen-bond acceptors (Lipinski definition) is 5. The van der Waals surface area contributed by atoms with Gasteiger partial charge in [0.2, 0.25) is 5.91 Å². The molecule has 0 fully saturated rings. The van der Waals surface area contributed by atoms with Gasteiger partial charge in [-0.3, -0.25) is 14.9 Å². The Labute approximate surface area is 116 Å². The SMILES string of the molecule is CCCC(C)(N)C(=O)Nc1ccc(C#N)cc1[N+](=O)[O-]. The van der Waals surface area contributed by atoms with Crippen molar-refractivity contribution in [1.82, 2.24) is 0 Å². The van der Waals surface area contributed by atoms with Crippen molar-refractivity contribution < 1.29 is 9.72 Å². The molecular formula is C13H16N4O3. The molecule has 0 bridgehead atoms. The fourth-order valence-electron chi connectivity index (χ4n) is 1.76. The summed E-state index contributed by atoms with van der Waals surface area (Å²) in [5.74, 6) is -0.493. The van der Waals surface area contributed by atoms with E-state index in [1.54, 1.807) is 6.92 Å². The van der Waals surface area contributed by atoms with E-state index in [0.717, 1.165) is 12.5 Å². The van der Waals surface area contributed by atoms with Gasteiger partial charge < -0.3 is 11.1 Å². The third-order valence-corrected chi connectivity index (χ3v) is 2.86. The first-order valence-corrected chi connectivity index (χ1v) is 6.10. The molecule has 1 amide bonds. The van der Waals surface area contributed by atoms with Gasteiger partial charge in [-0.1, -0.05) is 13.3 Å². The number of hydrogen-bond donors (Lipinski definition) is 2. The zero-order valence-corrected chi connectivity index (χ0v) is 11.3. The summed E-state index contributed by atoms with van der Waals surface area (Å²) in [5, 5.41) is 22.1. The number of amides is 1. The Balaban J connectivity index is 3.07. The van der Waals surface area contributed by atoms with Crippen molar-refractivity contribution in [1.29, 1.82) is 5.26 Å². The molecule has 1 unspecified atom stereocenters. The first kappa shape index (κ1) is 15.6. The molecule has 106 valence electrons. The number of rotatable bonds is 5. The zero-order valence-electron chi connectivity index (χ0n) is 11.3. The van der Waals surface area contributed by atoms with Crippen LogP contribution in [-0.2, 0) is 4.79 Å². The van der Waals surface area contributed by atoms with Crippen LogP contribution >= 0.6 is 0 Å². The molecule has 1 atom stereocenters. The van der Waals surface area contributed by atoms with Gasteiger partial charge in [-0.25, -0.2) is 0 Å². The molecule has 0 spiro atoms. The maximum absolute atomic E-state index is 12.0. The van der Waals surface area contributed by atoms with Crippen molar-refractivity contribution in [3.05, 3.63) is 33.9 Å². The lowest BCUT2D eigenvalue weighted by Gasteiger charge is -2.22. The van der Waals surface area contributed by atoms with Gasteiger partial charge in [0.1, 0.15) is 5.69 Å². The minimum Gasteiger partial charge on any atom is -0.319 e. The van der Waals surface area contributed by atoms with Crippen molar-refractivity contribution in [3.8, 4) is 6.07 Å². The molecule has 0 saturated carbocycles. The number of carbonyl (C=O) groups excluding carboxylic acids is 1. The summed E-state index contributed by atoms with van der Waals surface area (Å²) in [7, 11) is 0. The Morgan fingerprint density at radius 3 is 2.75 bits per heavy atom. The van der Waals surface area contributed by atoms with Gasteiger partial charge in [0, 0.05) is 6.07 Å². The van der Waals surface area contributed by atoms with Crippen LogP contribution in [0.2, 0.25) is 0 Å².